The van der Waals surface area contributed by atoms with Crippen molar-refractivity contribution >= 4 is 37.9 Å². The number of rotatable bonds is 10. The summed E-state index contributed by atoms with van der Waals surface area (Å²) in [6.07, 6.45) is -4.75. The summed E-state index contributed by atoms with van der Waals surface area (Å²) in [4.78, 5) is 17.2. The Balaban J connectivity index is 1.43. The maximum absolute atomic E-state index is 13.0. The predicted octanol–water partition coefficient (Wildman–Crippen LogP) is 1.24. The van der Waals surface area contributed by atoms with Gasteiger partial charge in [-0.25, -0.2) is 21.6 Å². The molecule has 1 amide bonds. The number of nitrogens with one attached hydrogen (secondary N) is 2. The third kappa shape index (κ3) is 7.79. The highest BCUT2D eigenvalue weighted by molar-refractivity contribution is 7.92. The number of piperidine rings is 1. The summed E-state index contributed by atoms with van der Waals surface area (Å²) in [5.41, 5.74) is -0.167. The third-order valence-corrected chi connectivity index (χ3v) is 9.91. The fourth-order valence-electron chi connectivity index (χ4n) is 4.54. The number of sulfonamides is 2. The van der Waals surface area contributed by atoms with Gasteiger partial charge in [-0.2, -0.15) is 4.31 Å². The van der Waals surface area contributed by atoms with Crippen LogP contribution in [0.5, 0.6) is 5.75 Å². The first-order valence-corrected chi connectivity index (χ1v) is 15.9. The average molecular weight is 647 g/mol. The molecule has 17 heteroatoms. The summed E-state index contributed by atoms with van der Waals surface area (Å²) < 4.78 is 96.0. The predicted molar refractivity (Wildman–Crippen MR) is 149 cm³/mol. The van der Waals surface area contributed by atoms with Gasteiger partial charge in [0.15, 0.2) is 0 Å². The van der Waals surface area contributed by atoms with Crippen LogP contribution in [0.3, 0.4) is 0 Å². The van der Waals surface area contributed by atoms with E-state index in [4.69, 9.17) is 5.11 Å². The largest absolute Gasteiger partial charge is 0.573 e. The minimum absolute atomic E-state index is 0.0394. The lowest BCUT2D eigenvalue weighted by molar-refractivity contribution is -0.274. The van der Waals surface area contributed by atoms with E-state index in [2.05, 4.69) is 19.8 Å². The monoisotopic (exact) mass is 646 g/mol. The molecule has 2 aliphatic rings. The van der Waals surface area contributed by atoms with Gasteiger partial charge in [-0.05, 0) is 61.2 Å². The van der Waals surface area contributed by atoms with Crippen LogP contribution in [-0.2, 0) is 24.8 Å². The zero-order chi connectivity index (χ0) is 31.6. The number of hydrogen-bond acceptors (Lipinski definition) is 9. The number of nitrogens with zero attached hydrogens (tertiary/aromatic N) is 2. The van der Waals surface area contributed by atoms with Gasteiger partial charge in [-0.15, -0.1) is 13.2 Å². The van der Waals surface area contributed by atoms with Crippen LogP contribution in [-0.4, -0.2) is 87.3 Å². The Morgan fingerprint density at radius 2 is 1.86 bits per heavy atom. The Labute approximate surface area is 246 Å². The average Bonchev–Trinajstić information content (AvgIpc) is 3.25. The number of amides is 1. The van der Waals surface area contributed by atoms with Crippen molar-refractivity contribution in [2.75, 3.05) is 26.2 Å². The fraction of sp³-hybridized carbons (Fsp3) is 0.385. The molecule has 0 aromatic heterocycles. The van der Waals surface area contributed by atoms with Crippen molar-refractivity contribution in [1.82, 2.24) is 14.3 Å². The van der Waals surface area contributed by atoms with Crippen LogP contribution in [0.15, 0.2) is 57.8 Å². The number of alkyl halides is 3. The van der Waals surface area contributed by atoms with Crippen LogP contribution in [0.25, 0.3) is 6.08 Å². The van der Waals surface area contributed by atoms with Crippen LogP contribution >= 0.6 is 0 Å². The zero-order valence-corrected chi connectivity index (χ0v) is 24.3. The van der Waals surface area contributed by atoms with E-state index in [1.807, 2.05) is 0 Å². The zero-order valence-electron chi connectivity index (χ0n) is 22.7. The summed E-state index contributed by atoms with van der Waals surface area (Å²) in [7, 11) is -7.92. The smallest absolute Gasteiger partial charge is 0.406 e. The second-order valence-electron chi connectivity index (χ2n) is 9.98. The van der Waals surface area contributed by atoms with Gasteiger partial charge in [0.1, 0.15) is 17.1 Å². The lowest BCUT2D eigenvalue weighted by Gasteiger charge is -2.34. The molecule has 1 saturated heterocycles. The topological polar surface area (TPSA) is 175 Å². The number of carbonyl (C=O) groups is 1. The highest BCUT2D eigenvalue weighted by Gasteiger charge is 2.47. The van der Waals surface area contributed by atoms with Gasteiger partial charge in [0.05, 0.1) is 17.6 Å². The number of amidine groups is 1. The molecular weight excluding hydrogens is 617 g/mol. The van der Waals surface area contributed by atoms with E-state index in [1.54, 1.807) is 6.92 Å². The molecule has 1 fully saturated rings. The van der Waals surface area contributed by atoms with Gasteiger partial charge in [-0.1, -0.05) is 18.2 Å². The second kappa shape index (κ2) is 12.3. The maximum atomic E-state index is 13.0. The quantitative estimate of drug-likeness (QED) is 0.298. The van der Waals surface area contributed by atoms with Gasteiger partial charge in [0, 0.05) is 30.6 Å². The summed E-state index contributed by atoms with van der Waals surface area (Å²) in [5, 5.41) is 21.8. The lowest BCUT2D eigenvalue weighted by atomic mass is 9.89. The van der Waals surface area contributed by atoms with Gasteiger partial charge in [0.25, 0.3) is 5.91 Å². The SMILES string of the molecule is Cc1cc(S(=O)(=O)NC[C@@H](O)CO)ccc1C=CS(=O)(=O)N1CCC2(CC1)N=C(c1cccc(OC(F)(F)F)c1)NC2=O. The van der Waals surface area contributed by atoms with Crippen molar-refractivity contribution in [2.24, 2.45) is 4.99 Å². The summed E-state index contributed by atoms with van der Waals surface area (Å²) in [6, 6.07) is 9.04. The molecule has 2 aromatic rings. The van der Waals surface area contributed by atoms with Crippen molar-refractivity contribution in [3.63, 3.8) is 0 Å². The standard InChI is InChI=1S/C26H29F3N4O8S2/c1-17-13-22(43(39,40)30-15-20(35)16-34)6-5-18(17)7-12-42(37,38)33-10-8-25(9-11-33)24(36)31-23(32-25)19-3-2-4-21(14-19)41-26(27,28)29/h2-7,12-14,20,30,34-35H,8-11,15-16H2,1H3,(H,31,32,36)/t20-/m1/s1. The lowest BCUT2D eigenvalue weighted by Crippen LogP contribution is -2.50. The summed E-state index contributed by atoms with van der Waals surface area (Å²) in [6.45, 7) is 0.508. The molecule has 2 aliphatic heterocycles. The molecule has 2 aromatic carbocycles. The fourth-order valence-corrected chi connectivity index (χ4v) is 6.88. The second-order valence-corrected chi connectivity index (χ2v) is 13.6. The van der Waals surface area contributed by atoms with E-state index in [1.165, 1.54) is 40.7 Å². The highest BCUT2D eigenvalue weighted by atomic mass is 32.2. The van der Waals surface area contributed by atoms with E-state index in [0.717, 1.165) is 17.5 Å². The summed E-state index contributed by atoms with van der Waals surface area (Å²) >= 11 is 0. The van der Waals surface area contributed by atoms with Gasteiger partial charge < -0.3 is 20.3 Å². The molecule has 0 aliphatic carbocycles. The number of aliphatic imine (C=N–C) groups is 1. The first kappa shape index (κ1) is 32.6. The Morgan fingerprint density at radius 3 is 2.49 bits per heavy atom. The number of aryl methyl sites for hydroxylation is 1. The number of benzene rings is 2. The molecule has 1 atom stereocenters. The minimum atomic E-state index is -4.89. The summed E-state index contributed by atoms with van der Waals surface area (Å²) in [5.74, 6) is -0.894. The third-order valence-electron chi connectivity index (χ3n) is 6.92. The molecule has 43 heavy (non-hydrogen) atoms. The minimum Gasteiger partial charge on any atom is -0.406 e. The van der Waals surface area contributed by atoms with Crippen LogP contribution in [0.4, 0.5) is 13.2 Å². The van der Waals surface area contributed by atoms with Crippen molar-refractivity contribution < 1.29 is 49.8 Å². The first-order valence-electron chi connectivity index (χ1n) is 12.9. The molecule has 4 N–H and O–H groups in total. The molecule has 4 rings (SSSR count). The van der Waals surface area contributed by atoms with Gasteiger partial charge in [0.2, 0.25) is 20.0 Å². The number of aliphatic hydroxyl groups excluding tert-OH is 2. The number of halogens is 3. The van der Waals surface area contributed by atoms with Crippen LogP contribution in [0, 0.1) is 6.92 Å². The number of ether oxygens (including phenoxy) is 1. The normalized spacial score (nSPS) is 18.6. The van der Waals surface area contributed by atoms with Crippen LogP contribution in [0.2, 0.25) is 0 Å². The highest BCUT2D eigenvalue weighted by Crippen LogP contribution is 2.33. The van der Waals surface area contributed by atoms with Crippen molar-refractivity contribution in [3.8, 4) is 5.75 Å². The number of aliphatic hydroxyl groups is 2. The van der Waals surface area contributed by atoms with Gasteiger partial charge >= 0.3 is 6.36 Å². The number of carbonyl (C=O) groups excluding carboxylic acids is 1. The van der Waals surface area contributed by atoms with Crippen molar-refractivity contribution in [1.29, 1.82) is 0 Å². The Hall–Kier alpha value is -3.35. The molecule has 12 nitrogen and oxygen atoms in total. The van der Waals surface area contributed by atoms with E-state index in [9.17, 15) is 39.9 Å². The molecule has 0 radical (unpaired) electrons. The van der Waals surface area contributed by atoms with Crippen LogP contribution in [0.1, 0.15) is 29.5 Å². The first-order chi connectivity index (χ1) is 20.0. The molecule has 0 bridgehead atoms. The van der Waals surface area contributed by atoms with Crippen molar-refractivity contribution in [3.05, 3.63) is 64.6 Å². The van der Waals surface area contributed by atoms with E-state index >= 15 is 0 Å². The number of hydrogen-bond donors (Lipinski definition) is 4. The van der Waals surface area contributed by atoms with E-state index in [0.29, 0.717) is 11.1 Å². The van der Waals surface area contributed by atoms with Gasteiger partial charge in [-0.3, -0.25) is 9.79 Å². The molecule has 0 unspecified atom stereocenters. The van der Waals surface area contributed by atoms with Crippen molar-refractivity contribution in [2.45, 2.75) is 42.7 Å². The molecule has 2 heterocycles. The molecule has 234 valence electrons. The Morgan fingerprint density at radius 1 is 1.16 bits per heavy atom. The van der Waals surface area contributed by atoms with Crippen LogP contribution < -0.4 is 14.8 Å². The molecular formula is C26H29F3N4O8S2. The maximum Gasteiger partial charge on any atom is 0.573 e. The molecule has 0 saturated carbocycles. The van der Waals surface area contributed by atoms with E-state index in [-0.39, 0.29) is 48.8 Å². The Kier molecular flexibility index (Phi) is 9.34. The van der Waals surface area contributed by atoms with E-state index < -0.39 is 56.3 Å². The molecule has 1 spiro atoms. The Bertz CT molecular complexity index is 1650.